The average Bonchev–Trinajstić information content (AvgIpc) is 2.07. The number of carbonyl (C=O) groups excluding carboxylic acids is 6. The van der Waals surface area contributed by atoms with Gasteiger partial charge < -0.3 is 55.7 Å². The van der Waals surface area contributed by atoms with Crippen LogP contribution in [-0.2, 0) is 46.1 Å². The number of nitrogens with zero attached hydrogens (tertiary/aromatic N) is 3. The third-order valence-corrected chi connectivity index (χ3v) is 14.6. The van der Waals surface area contributed by atoms with Gasteiger partial charge in [-0.05, 0) is 164 Å². The van der Waals surface area contributed by atoms with Crippen LogP contribution in [0.2, 0.25) is 0 Å². The zero-order chi connectivity index (χ0) is 61.8. The number of aromatic nitrogens is 1. The Morgan fingerprint density at radius 3 is 2.01 bits per heavy atom. The maximum absolute atomic E-state index is 13.8. The van der Waals surface area contributed by atoms with Gasteiger partial charge >= 0.3 is 12.1 Å². The SMILES string of the molecule is CC(C)(C)OC=O.COCCCC(=O)[C@H]1CCCN(C(=O)c2cccc(C(=O)Nc3ccc(N4CCCCC4)cc3-c3cc(C(=O)NCc4cccc(C(F)(F)F)c4)ccn3)c2)C1.COCCNC(=O)[C@H]1CCCNC1.Cl.O=C(O)[C@H]1CCCNC1. The fraction of sp³-hybridized carbons (Fsp3) is 0.524. The van der Waals surface area contributed by atoms with E-state index in [1.165, 1.54) is 24.4 Å². The van der Waals surface area contributed by atoms with Crippen molar-refractivity contribution >= 4 is 65.6 Å². The Hall–Kier alpha value is -6.98. The first-order valence-corrected chi connectivity index (χ1v) is 29.3. The summed E-state index contributed by atoms with van der Waals surface area (Å²) in [5.41, 5.74) is 2.38. The van der Waals surface area contributed by atoms with E-state index in [9.17, 15) is 46.7 Å². The molecule has 0 saturated carbocycles. The molecule has 472 valence electrons. The van der Waals surface area contributed by atoms with Gasteiger partial charge in [-0.3, -0.25) is 38.5 Å². The van der Waals surface area contributed by atoms with E-state index in [0.717, 1.165) is 108 Å². The Kier molecular flexibility index (Phi) is 30.7. The van der Waals surface area contributed by atoms with Crippen LogP contribution in [-0.4, -0.2) is 149 Å². The number of alkyl halides is 3. The zero-order valence-electron chi connectivity index (χ0n) is 50.1. The molecule has 23 heteroatoms. The van der Waals surface area contributed by atoms with Crippen molar-refractivity contribution in [2.24, 2.45) is 17.8 Å². The number of methoxy groups -OCH3 is 2. The number of nitrogens with one attached hydrogen (secondary N) is 5. The summed E-state index contributed by atoms with van der Waals surface area (Å²) in [5.74, 6) is -1.78. The summed E-state index contributed by atoms with van der Waals surface area (Å²) in [6, 6.07) is 20.0. The lowest BCUT2D eigenvalue weighted by atomic mass is 9.91. The molecule has 3 atom stereocenters. The number of likely N-dealkylation sites (tertiary alicyclic amines) is 1. The highest BCUT2D eigenvalue weighted by molar-refractivity contribution is 6.08. The highest BCUT2D eigenvalue weighted by Gasteiger charge is 2.31. The molecule has 3 aromatic carbocycles. The van der Waals surface area contributed by atoms with Gasteiger partial charge in [-0.2, -0.15) is 13.2 Å². The van der Waals surface area contributed by atoms with Crippen molar-refractivity contribution in [1.29, 1.82) is 0 Å². The monoisotopic (exact) mass is 1220 g/mol. The van der Waals surface area contributed by atoms with Gasteiger partial charge in [0.05, 0.1) is 35.4 Å². The molecule has 4 saturated heterocycles. The van der Waals surface area contributed by atoms with Crippen LogP contribution in [0.4, 0.5) is 24.5 Å². The van der Waals surface area contributed by atoms with E-state index in [2.05, 4.69) is 41.2 Å². The molecule has 1 aromatic heterocycles. The molecule has 4 aliphatic rings. The molecule has 0 unspecified atom stereocenters. The van der Waals surface area contributed by atoms with Gasteiger partial charge in [-0.25, -0.2) is 0 Å². The average molecular weight is 1220 g/mol. The number of Topliss-reactive ketones (excluding diaryl/α,β-unsaturated/α-hetero) is 1. The summed E-state index contributed by atoms with van der Waals surface area (Å²) in [5, 5.41) is 23.3. The predicted molar refractivity (Wildman–Crippen MR) is 325 cm³/mol. The van der Waals surface area contributed by atoms with Gasteiger partial charge in [0.1, 0.15) is 11.4 Å². The van der Waals surface area contributed by atoms with Crippen LogP contribution in [0.25, 0.3) is 11.3 Å². The number of hydrogen-bond donors (Lipinski definition) is 6. The highest BCUT2D eigenvalue weighted by Crippen LogP contribution is 2.34. The first-order chi connectivity index (χ1) is 40.7. The lowest BCUT2D eigenvalue weighted by Crippen LogP contribution is -2.42. The van der Waals surface area contributed by atoms with E-state index in [-0.39, 0.29) is 71.0 Å². The van der Waals surface area contributed by atoms with Crippen LogP contribution < -0.4 is 31.5 Å². The number of aliphatic carboxylic acids is 1. The lowest BCUT2D eigenvalue weighted by molar-refractivity contribution is -0.142. The molecule has 5 heterocycles. The summed E-state index contributed by atoms with van der Waals surface area (Å²) in [7, 11) is 3.23. The van der Waals surface area contributed by atoms with Gasteiger partial charge in [-0.1, -0.05) is 18.2 Å². The van der Waals surface area contributed by atoms with Crippen molar-refractivity contribution in [1.82, 2.24) is 31.2 Å². The molecule has 86 heavy (non-hydrogen) atoms. The van der Waals surface area contributed by atoms with E-state index >= 15 is 0 Å². The Morgan fingerprint density at radius 2 is 1.40 bits per heavy atom. The van der Waals surface area contributed by atoms with Crippen LogP contribution in [0.5, 0.6) is 0 Å². The molecule has 8 rings (SSSR count). The lowest BCUT2D eigenvalue weighted by Gasteiger charge is -2.32. The van der Waals surface area contributed by atoms with Gasteiger partial charge in [0, 0.05) is 120 Å². The van der Waals surface area contributed by atoms with Gasteiger partial charge in [0.25, 0.3) is 24.2 Å². The molecular weight excluding hydrogens is 1140 g/mol. The number of piperidine rings is 4. The van der Waals surface area contributed by atoms with E-state index in [4.69, 9.17) is 14.6 Å². The number of anilines is 2. The number of carbonyl (C=O) groups is 7. The van der Waals surface area contributed by atoms with Crippen molar-refractivity contribution in [3.63, 3.8) is 0 Å². The first kappa shape index (κ1) is 71.5. The Labute approximate surface area is 509 Å². The Balaban J connectivity index is 0.000000428. The molecule has 0 spiro atoms. The smallest absolute Gasteiger partial charge is 0.416 e. The van der Waals surface area contributed by atoms with Gasteiger partial charge in [0.2, 0.25) is 5.91 Å². The maximum Gasteiger partial charge on any atom is 0.416 e. The fourth-order valence-corrected chi connectivity index (χ4v) is 9.96. The Bertz CT molecular complexity index is 2800. The van der Waals surface area contributed by atoms with Crippen LogP contribution in [0.1, 0.15) is 134 Å². The summed E-state index contributed by atoms with van der Waals surface area (Å²) in [6.07, 6.45) is 6.65. The second kappa shape index (κ2) is 36.9. The van der Waals surface area contributed by atoms with Crippen molar-refractivity contribution < 1.29 is 66.1 Å². The summed E-state index contributed by atoms with van der Waals surface area (Å²) >= 11 is 0. The number of carboxylic acid groups (broad SMARTS) is 1. The van der Waals surface area contributed by atoms with Gasteiger partial charge in [-0.15, -0.1) is 12.4 Å². The second-order valence-electron chi connectivity index (χ2n) is 22.3. The summed E-state index contributed by atoms with van der Waals surface area (Å²) in [6.45, 7) is 13.6. The first-order valence-electron chi connectivity index (χ1n) is 29.3. The minimum atomic E-state index is -4.50. The summed E-state index contributed by atoms with van der Waals surface area (Å²) < 4.78 is 54.2. The molecule has 4 aromatic rings. The quantitative estimate of drug-likeness (QED) is 0.0379. The standard InChI is InChI=1S/C43H46F3N5O5.C9H18N2O2.C6H11NO2.C5H10O2.ClH/c1-56-22-8-14-39(52)33-12-7-21-51(28-33)42(55)32-11-6-10-30(24-32)41(54)49-37-16-15-35(50-19-3-2-4-20-50)26-36(37)38-25-31(17-18-47-38)40(53)48-27-29-9-5-13-34(23-29)43(44,45)46;1-13-6-5-11-9(12)8-3-2-4-10-7-8;8-6(9)5-2-1-3-7-4-5;1-5(2,3)7-4-6;/h5-6,9-11,13,15-18,23-26,33H,2-4,7-8,12,14,19-22,27-28H2,1H3,(H,48,53)(H,49,54);8,10H,2-7H2,1H3,(H,11,12);5,7H,1-4H2,(H,8,9);4H,1-3H3;1H/t33-;8-;5-;;/m000../s1. The molecular formula is C63H86ClF3N8O11. The second-order valence-corrected chi connectivity index (χ2v) is 22.3. The molecule has 0 radical (unpaired) electrons. The number of ether oxygens (including phenoxy) is 3. The van der Waals surface area contributed by atoms with E-state index < -0.39 is 29.5 Å². The highest BCUT2D eigenvalue weighted by atomic mass is 35.5. The Morgan fingerprint density at radius 1 is 0.733 bits per heavy atom. The largest absolute Gasteiger partial charge is 0.481 e. The molecule has 19 nitrogen and oxygen atoms in total. The van der Waals surface area contributed by atoms with Crippen LogP contribution in [0.3, 0.4) is 0 Å². The van der Waals surface area contributed by atoms with Gasteiger partial charge in [0.15, 0.2) is 0 Å². The molecule has 6 N–H and O–H groups in total. The zero-order valence-corrected chi connectivity index (χ0v) is 50.9. The number of carboxylic acids is 1. The van der Waals surface area contributed by atoms with Crippen LogP contribution in [0, 0.1) is 17.8 Å². The molecule has 4 aliphatic heterocycles. The van der Waals surface area contributed by atoms with E-state index in [1.807, 2.05) is 32.9 Å². The van der Waals surface area contributed by atoms with E-state index in [0.29, 0.717) is 86.8 Å². The summed E-state index contributed by atoms with van der Waals surface area (Å²) in [4.78, 5) is 93.4. The molecule has 0 aliphatic carbocycles. The number of rotatable bonds is 19. The number of ketones is 1. The van der Waals surface area contributed by atoms with Crippen molar-refractivity contribution in [2.75, 3.05) is 96.6 Å². The third-order valence-electron chi connectivity index (χ3n) is 14.6. The van der Waals surface area contributed by atoms with E-state index in [1.54, 1.807) is 55.5 Å². The third kappa shape index (κ3) is 24.4. The number of halogens is 4. The van der Waals surface area contributed by atoms with Crippen LogP contribution in [0.15, 0.2) is 85.1 Å². The predicted octanol–water partition coefficient (Wildman–Crippen LogP) is 8.99. The number of pyridine rings is 1. The number of hydrogen-bond acceptors (Lipinski definition) is 14. The molecule has 4 amide bonds. The molecule has 4 fully saturated rings. The normalized spacial score (nSPS) is 17.6. The van der Waals surface area contributed by atoms with Crippen molar-refractivity contribution in [2.45, 2.75) is 110 Å². The van der Waals surface area contributed by atoms with Crippen molar-refractivity contribution in [3.05, 3.63) is 113 Å². The minimum Gasteiger partial charge on any atom is -0.481 e. The maximum atomic E-state index is 13.8. The minimum absolute atomic E-state index is 0. The van der Waals surface area contributed by atoms with Crippen LogP contribution >= 0.6 is 12.4 Å². The fourth-order valence-electron chi connectivity index (χ4n) is 9.96. The molecule has 0 bridgehead atoms. The number of amides is 4. The van der Waals surface area contributed by atoms with Crippen molar-refractivity contribution in [3.8, 4) is 11.3 Å². The number of benzene rings is 3. The topological polar surface area (TPSA) is 247 Å².